The first-order valence-corrected chi connectivity index (χ1v) is 9.18. The van der Waals surface area contributed by atoms with Crippen LogP contribution in [0.4, 0.5) is 11.4 Å². The molecule has 1 aromatic heterocycles. The average molecular weight is 385 g/mol. The molecule has 0 radical (unpaired) electrons. The van der Waals surface area contributed by atoms with E-state index in [0.29, 0.717) is 43.1 Å². The van der Waals surface area contributed by atoms with Crippen LogP contribution >= 0.6 is 0 Å². The van der Waals surface area contributed by atoms with Gasteiger partial charge in [-0.05, 0) is 37.1 Å². The molecule has 3 rings (SSSR count). The van der Waals surface area contributed by atoms with Crippen molar-refractivity contribution in [2.75, 3.05) is 30.4 Å². The summed E-state index contributed by atoms with van der Waals surface area (Å²) in [5.74, 6) is 0.389. The Balaban J connectivity index is 1.48. The second-order valence-corrected chi connectivity index (χ2v) is 6.42. The van der Waals surface area contributed by atoms with Gasteiger partial charge >= 0.3 is 0 Å². The molecule has 0 saturated carbocycles. The number of carbonyl (C=O) groups is 3. The van der Waals surface area contributed by atoms with Crippen LogP contribution in [-0.4, -0.2) is 37.9 Å². The Morgan fingerprint density at radius 3 is 2.82 bits per heavy atom. The third-order valence-electron chi connectivity index (χ3n) is 4.44. The summed E-state index contributed by atoms with van der Waals surface area (Å²) in [5.41, 5.74) is 1.31. The lowest BCUT2D eigenvalue weighted by molar-refractivity contribution is -0.117. The van der Waals surface area contributed by atoms with E-state index in [-0.39, 0.29) is 29.9 Å². The van der Waals surface area contributed by atoms with Crippen molar-refractivity contribution >= 4 is 29.1 Å². The molecule has 0 unspecified atom stereocenters. The molecular weight excluding hydrogens is 362 g/mol. The Morgan fingerprint density at radius 2 is 2.14 bits per heavy atom. The van der Waals surface area contributed by atoms with E-state index in [1.165, 1.54) is 13.4 Å². The number of nitrogens with zero attached hydrogens (tertiary/aromatic N) is 1. The molecule has 28 heavy (non-hydrogen) atoms. The zero-order valence-electron chi connectivity index (χ0n) is 15.7. The lowest BCUT2D eigenvalue weighted by Gasteiger charge is -2.19. The largest absolute Gasteiger partial charge is 0.494 e. The molecule has 148 valence electrons. The summed E-state index contributed by atoms with van der Waals surface area (Å²) in [6.07, 6.45) is 3.56. The van der Waals surface area contributed by atoms with Crippen LogP contribution < -0.4 is 20.3 Å². The van der Waals surface area contributed by atoms with Gasteiger partial charge in [0.05, 0.1) is 19.1 Å². The van der Waals surface area contributed by atoms with Gasteiger partial charge in [0.1, 0.15) is 5.75 Å². The van der Waals surface area contributed by atoms with E-state index in [2.05, 4.69) is 10.6 Å². The molecule has 0 atom stereocenters. The van der Waals surface area contributed by atoms with Gasteiger partial charge in [-0.25, -0.2) is 0 Å². The van der Waals surface area contributed by atoms with Crippen molar-refractivity contribution in [3.05, 3.63) is 42.4 Å². The molecule has 1 fully saturated rings. The maximum absolute atomic E-state index is 12.1. The molecule has 0 spiro atoms. The van der Waals surface area contributed by atoms with Crippen molar-refractivity contribution in [2.24, 2.45) is 0 Å². The van der Waals surface area contributed by atoms with Crippen molar-refractivity contribution < 1.29 is 23.5 Å². The molecule has 2 aromatic rings. The first-order valence-electron chi connectivity index (χ1n) is 9.18. The fourth-order valence-corrected chi connectivity index (χ4v) is 3.05. The van der Waals surface area contributed by atoms with Gasteiger partial charge < -0.3 is 24.7 Å². The Bertz CT molecular complexity index is 848. The molecular formula is C20H23N3O5. The van der Waals surface area contributed by atoms with Crippen LogP contribution in [0.2, 0.25) is 0 Å². The Kier molecular flexibility index (Phi) is 6.31. The standard InChI is InChI=1S/C20H23N3O5/c1-27-17-13-14(8-9-15(17)23-11-3-7-19(23)25)22-18(24)6-2-10-21-20(26)16-5-4-12-28-16/h4-5,8-9,12-13H,2-3,6-7,10-11H2,1H3,(H,21,26)(H,22,24). The second-order valence-electron chi connectivity index (χ2n) is 6.42. The Labute approximate surface area is 162 Å². The van der Waals surface area contributed by atoms with Gasteiger partial charge in [-0.15, -0.1) is 0 Å². The van der Waals surface area contributed by atoms with Gasteiger partial charge in [-0.1, -0.05) is 0 Å². The minimum Gasteiger partial charge on any atom is -0.494 e. The summed E-state index contributed by atoms with van der Waals surface area (Å²) in [7, 11) is 1.53. The number of carbonyl (C=O) groups excluding carboxylic acids is 3. The van der Waals surface area contributed by atoms with Crippen LogP contribution in [0.25, 0.3) is 0 Å². The lowest BCUT2D eigenvalue weighted by atomic mass is 10.2. The topological polar surface area (TPSA) is 101 Å². The molecule has 8 heteroatoms. The molecule has 0 bridgehead atoms. The van der Waals surface area contributed by atoms with E-state index in [1.807, 2.05) is 0 Å². The van der Waals surface area contributed by atoms with E-state index in [4.69, 9.17) is 9.15 Å². The van der Waals surface area contributed by atoms with Crippen molar-refractivity contribution in [1.82, 2.24) is 5.32 Å². The van der Waals surface area contributed by atoms with Gasteiger partial charge in [0, 0.05) is 37.7 Å². The minimum atomic E-state index is -0.304. The molecule has 2 N–H and O–H groups in total. The van der Waals surface area contributed by atoms with Crippen molar-refractivity contribution in [3.63, 3.8) is 0 Å². The molecule has 1 aromatic carbocycles. The van der Waals surface area contributed by atoms with E-state index in [1.54, 1.807) is 35.2 Å². The smallest absolute Gasteiger partial charge is 0.286 e. The van der Waals surface area contributed by atoms with Crippen molar-refractivity contribution in [1.29, 1.82) is 0 Å². The van der Waals surface area contributed by atoms with Crippen LogP contribution in [0.5, 0.6) is 5.75 Å². The fourth-order valence-electron chi connectivity index (χ4n) is 3.05. The summed E-state index contributed by atoms with van der Waals surface area (Å²) in [5, 5.41) is 5.50. The highest BCUT2D eigenvalue weighted by Gasteiger charge is 2.24. The van der Waals surface area contributed by atoms with Crippen LogP contribution in [0.3, 0.4) is 0 Å². The number of hydrogen-bond acceptors (Lipinski definition) is 5. The number of methoxy groups -OCH3 is 1. The molecule has 1 aliphatic heterocycles. The third kappa shape index (κ3) is 4.70. The molecule has 1 saturated heterocycles. The second kappa shape index (κ2) is 9.07. The molecule has 3 amide bonds. The number of nitrogens with one attached hydrogen (secondary N) is 2. The average Bonchev–Trinajstić information content (AvgIpc) is 3.37. The summed E-state index contributed by atoms with van der Waals surface area (Å²) < 4.78 is 10.4. The zero-order valence-corrected chi connectivity index (χ0v) is 15.7. The van der Waals surface area contributed by atoms with Crippen molar-refractivity contribution in [3.8, 4) is 5.75 Å². The number of hydrogen-bond donors (Lipinski definition) is 2. The number of anilines is 2. The molecule has 8 nitrogen and oxygen atoms in total. The predicted octanol–water partition coefficient (Wildman–Crippen LogP) is 2.56. The summed E-state index contributed by atoms with van der Waals surface area (Å²) in [4.78, 5) is 37.5. The van der Waals surface area contributed by atoms with Gasteiger partial charge in [0.15, 0.2) is 5.76 Å². The van der Waals surface area contributed by atoms with Gasteiger partial charge in [0.2, 0.25) is 11.8 Å². The van der Waals surface area contributed by atoms with E-state index in [9.17, 15) is 14.4 Å². The van der Waals surface area contributed by atoms with Crippen LogP contribution in [-0.2, 0) is 9.59 Å². The van der Waals surface area contributed by atoms with E-state index >= 15 is 0 Å². The highest BCUT2D eigenvalue weighted by atomic mass is 16.5. The quantitative estimate of drug-likeness (QED) is 0.680. The number of furan rings is 1. The zero-order chi connectivity index (χ0) is 19.9. The van der Waals surface area contributed by atoms with Gasteiger partial charge in [-0.2, -0.15) is 0 Å². The van der Waals surface area contributed by atoms with Crippen LogP contribution in [0, 0.1) is 0 Å². The maximum atomic E-state index is 12.1. The number of rotatable bonds is 8. The SMILES string of the molecule is COc1cc(NC(=O)CCCNC(=O)c2ccco2)ccc1N1CCCC1=O. The molecule has 1 aliphatic rings. The Hall–Kier alpha value is -3.29. The first-order chi connectivity index (χ1) is 13.6. The maximum Gasteiger partial charge on any atom is 0.286 e. The minimum absolute atomic E-state index is 0.0756. The van der Waals surface area contributed by atoms with E-state index in [0.717, 1.165) is 6.42 Å². The highest BCUT2D eigenvalue weighted by Crippen LogP contribution is 2.33. The summed E-state index contributed by atoms with van der Waals surface area (Å²) in [6, 6.07) is 8.45. The molecule has 0 aliphatic carbocycles. The number of amides is 3. The lowest BCUT2D eigenvalue weighted by Crippen LogP contribution is -2.25. The normalized spacial score (nSPS) is 13.5. The van der Waals surface area contributed by atoms with E-state index < -0.39 is 0 Å². The summed E-state index contributed by atoms with van der Waals surface area (Å²) in [6.45, 7) is 1.04. The Morgan fingerprint density at radius 1 is 1.29 bits per heavy atom. The number of benzene rings is 1. The highest BCUT2D eigenvalue weighted by molar-refractivity contribution is 5.98. The van der Waals surface area contributed by atoms with Crippen LogP contribution in [0.1, 0.15) is 36.2 Å². The molecule has 2 heterocycles. The third-order valence-corrected chi connectivity index (χ3v) is 4.44. The number of ether oxygens (including phenoxy) is 1. The van der Waals surface area contributed by atoms with Gasteiger partial charge in [-0.3, -0.25) is 14.4 Å². The fraction of sp³-hybridized carbons (Fsp3) is 0.350. The predicted molar refractivity (Wildman–Crippen MR) is 103 cm³/mol. The summed E-state index contributed by atoms with van der Waals surface area (Å²) >= 11 is 0. The monoisotopic (exact) mass is 385 g/mol. The van der Waals surface area contributed by atoms with Gasteiger partial charge in [0.25, 0.3) is 5.91 Å². The van der Waals surface area contributed by atoms with Crippen molar-refractivity contribution in [2.45, 2.75) is 25.7 Å². The van der Waals surface area contributed by atoms with Crippen LogP contribution in [0.15, 0.2) is 41.0 Å². The first kappa shape index (κ1) is 19.5.